The Morgan fingerprint density at radius 1 is 1.24 bits per heavy atom. The van der Waals surface area contributed by atoms with E-state index < -0.39 is 18.1 Å². The first kappa shape index (κ1) is 17.4. The molecule has 0 saturated heterocycles. The normalized spacial score (nSPS) is 15.4. The molecule has 0 fully saturated rings. The summed E-state index contributed by atoms with van der Waals surface area (Å²) in [5, 5.41) is 0. The van der Waals surface area contributed by atoms with E-state index in [0.717, 1.165) is 0 Å². The molecule has 0 unspecified atom stereocenters. The molecule has 0 aliphatic heterocycles. The van der Waals surface area contributed by atoms with Crippen LogP contribution in [0.25, 0.3) is 0 Å². The Hall–Kier alpha value is -1.62. The molecule has 21 heavy (non-hydrogen) atoms. The van der Waals surface area contributed by atoms with Gasteiger partial charge in [-0.25, -0.2) is 4.39 Å². The summed E-state index contributed by atoms with van der Waals surface area (Å²) in [6, 6.07) is 3.64. The van der Waals surface area contributed by atoms with E-state index >= 15 is 0 Å². The molecule has 3 atom stereocenters. The van der Waals surface area contributed by atoms with Crippen molar-refractivity contribution in [2.45, 2.75) is 52.9 Å². The Labute approximate surface area is 125 Å². The number of halogens is 1. The van der Waals surface area contributed by atoms with Crippen molar-refractivity contribution in [2.75, 3.05) is 0 Å². The molecule has 1 aromatic carbocycles. The monoisotopic (exact) mass is 297 g/mol. The average Bonchev–Trinajstić information content (AvgIpc) is 2.38. The van der Waals surface area contributed by atoms with Crippen LogP contribution in [0.3, 0.4) is 0 Å². The van der Waals surface area contributed by atoms with Gasteiger partial charge in [-0.2, -0.15) is 0 Å². The average molecular weight is 297 g/mol. The summed E-state index contributed by atoms with van der Waals surface area (Å²) < 4.78 is 24.3. The van der Waals surface area contributed by atoms with E-state index in [1.807, 2.05) is 20.8 Å². The van der Waals surface area contributed by atoms with Crippen LogP contribution in [-0.2, 0) is 9.53 Å². The molecule has 0 aliphatic carbocycles. The standard InChI is InChI=1S/C16H24FNO3/c1-9(2)15(21-16(19)11(4)18)12(5)20-14-7-6-13(17)8-10(14)3/h6-9,11-12,15H,18H2,1-5H3/t11-,12-,15-/m0/s1. The van der Waals surface area contributed by atoms with Gasteiger partial charge >= 0.3 is 5.97 Å². The SMILES string of the molecule is Cc1cc(F)ccc1O[C@@H](C)[C@@H](OC(=O)[C@H](C)N)C(C)C. The van der Waals surface area contributed by atoms with Crippen LogP contribution in [0.5, 0.6) is 5.75 Å². The molecule has 0 heterocycles. The molecule has 0 spiro atoms. The summed E-state index contributed by atoms with van der Waals surface area (Å²) in [7, 11) is 0. The Kier molecular flexibility index (Phi) is 6.15. The van der Waals surface area contributed by atoms with Gasteiger partial charge in [0.2, 0.25) is 0 Å². The second-order valence-corrected chi connectivity index (χ2v) is 5.67. The highest BCUT2D eigenvalue weighted by atomic mass is 19.1. The van der Waals surface area contributed by atoms with Gasteiger partial charge in [0.25, 0.3) is 0 Å². The zero-order valence-corrected chi connectivity index (χ0v) is 13.2. The van der Waals surface area contributed by atoms with Crippen molar-refractivity contribution in [1.29, 1.82) is 0 Å². The van der Waals surface area contributed by atoms with E-state index in [9.17, 15) is 9.18 Å². The van der Waals surface area contributed by atoms with Crippen LogP contribution >= 0.6 is 0 Å². The largest absolute Gasteiger partial charge is 0.487 e. The van der Waals surface area contributed by atoms with Crippen LogP contribution in [0.15, 0.2) is 18.2 Å². The molecular weight excluding hydrogens is 273 g/mol. The van der Waals surface area contributed by atoms with Gasteiger partial charge in [0, 0.05) is 0 Å². The Morgan fingerprint density at radius 2 is 1.86 bits per heavy atom. The number of ether oxygens (including phenoxy) is 2. The van der Waals surface area contributed by atoms with Crippen molar-refractivity contribution in [1.82, 2.24) is 0 Å². The lowest BCUT2D eigenvalue weighted by atomic mass is 10.0. The van der Waals surface area contributed by atoms with Gasteiger partial charge in [-0.1, -0.05) is 13.8 Å². The minimum Gasteiger partial charge on any atom is -0.487 e. The molecule has 1 aromatic rings. The molecule has 2 N–H and O–H groups in total. The summed E-state index contributed by atoms with van der Waals surface area (Å²) in [6.45, 7) is 9.05. The van der Waals surface area contributed by atoms with Crippen molar-refractivity contribution in [2.24, 2.45) is 11.7 Å². The molecule has 0 aliphatic rings. The summed E-state index contributed by atoms with van der Waals surface area (Å²) in [5.74, 6) is -0.119. The summed E-state index contributed by atoms with van der Waals surface area (Å²) in [6.07, 6.45) is -0.787. The quantitative estimate of drug-likeness (QED) is 0.820. The lowest BCUT2D eigenvalue weighted by Gasteiger charge is -2.29. The molecule has 0 aromatic heterocycles. The van der Waals surface area contributed by atoms with E-state index in [0.29, 0.717) is 11.3 Å². The minimum absolute atomic E-state index is 0.0726. The second kappa shape index (κ2) is 7.41. The molecular formula is C16H24FNO3. The van der Waals surface area contributed by atoms with Crippen LogP contribution in [0, 0.1) is 18.7 Å². The number of hydrogen-bond acceptors (Lipinski definition) is 4. The first-order valence-corrected chi connectivity index (χ1v) is 7.11. The summed E-state index contributed by atoms with van der Waals surface area (Å²) in [5.41, 5.74) is 6.22. The second-order valence-electron chi connectivity index (χ2n) is 5.67. The highest BCUT2D eigenvalue weighted by molar-refractivity contribution is 5.75. The van der Waals surface area contributed by atoms with Crippen molar-refractivity contribution in [3.8, 4) is 5.75 Å². The van der Waals surface area contributed by atoms with Crippen molar-refractivity contribution in [3.63, 3.8) is 0 Å². The fraction of sp³-hybridized carbons (Fsp3) is 0.562. The Balaban J connectivity index is 2.81. The van der Waals surface area contributed by atoms with Gasteiger partial charge < -0.3 is 15.2 Å². The third-order valence-corrected chi connectivity index (χ3v) is 3.19. The third kappa shape index (κ3) is 5.01. The molecule has 118 valence electrons. The van der Waals surface area contributed by atoms with Crippen molar-refractivity contribution >= 4 is 5.97 Å². The molecule has 0 radical (unpaired) electrons. The van der Waals surface area contributed by atoms with E-state index in [-0.39, 0.29) is 17.8 Å². The lowest BCUT2D eigenvalue weighted by molar-refractivity contribution is -0.157. The number of aryl methyl sites for hydroxylation is 1. The molecule has 1 rings (SSSR count). The van der Waals surface area contributed by atoms with E-state index in [1.54, 1.807) is 19.9 Å². The number of carbonyl (C=O) groups excluding carboxylic acids is 1. The zero-order valence-electron chi connectivity index (χ0n) is 13.2. The number of carbonyl (C=O) groups is 1. The maximum absolute atomic E-state index is 13.1. The predicted molar refractivity (Wildman–Crippen MR) is 79.6 cm³/mol. The third-order valence-electron chi connectivity index (χ3n) is 3.19. The predicted octanol–water partition coefficient (Wildman–Crippen LogP) is 2.82. The van der Waals surface area contributed by atoms with Crippen molar-refractivity contribution in [3.05, 3.63) is 29.6 Å². The minimum atomic E-state index is -0.675. The fourth-order valence-corrected chi connectivity index (χ4v) is 2.03. The van der Waals surface area contributed by atoms with Crippen LogP contribution in [-0.4, -0.2) is 24.2 Å². The maximum Gasteiger partial charge on any atom is 0.323 e. The molecule has 5 heteroatoms. The first-order valence-electron chi connectivity index (χ1n) is 7.11. The highest BCUT2D eigenvalue weighted by Gasteiger charge is 2.28. The summed E-state index contributed by atoms with van der Waals surface area (Å²) >= 11 is 0. The van der Waals surface area contributed by atoms with Gasteiger partial charge in [-0.15, -0.1) is 0 Å². The molecule has 0 bridgehead atoms. The maximum atomic E-state index is 13.1. The van der Waals surface area contributed by atoms with Crippen LogP contribution in [0.1, 0.15) is 33.3 Å². The lowest BCUT2D eigenvalue weighted by Crippen LogP contribution is -2.41. The molecule has 0 amide bonds. The smallest absolute Gasteiger partial charge is 0.323 e. The van der Waals surface area contributed by atoms with Crippen molar-refractivity contribution < 1.29 is 18.7 Å². The number of rotatable bonds is 6. The number of benzene rings is 1. The van der Waals surface area contributed by atoms with Gasteiger partial charge in [-0.05, 0) is 50.5 Å². The highest BCUT2D eigenvalue weighted by Crippen LogP contribution is 2.23. The Bertz CT molecular complexity index is 488. The number of hydrogen-bond donors (Lipinski definition) is 1. The number of esters is 1. The van der Waals surface area contributed by atoms with E-state index in [1.165, 1.54) is 12.1 Å². The number of nitrogens with two attached hydrogens (primary N) is 1. The Morgan fingerprint density at radius 3 is 2.33 bits per heavy atom. The van der Waals surface area contributed by atoms with E-state index in [4.69, 9.17) is 15.2 Å². The topological polar surface area (TPSA) is 61.5 Å². The van der Waals surface area contributed by atoms with Gasteiger partial charge in [0.15, 0.2) is 0 Å². The first-order chi connectivity index (χ1) is 9.72. The zero-order chi connectivity index (χ0) is 16.2. The van der Waals surface area contributed by atoms with Crippen LogP contribution < -0.4 is 10.5 Å². The van der Waals surface area contributed by atoms with Gasteiger partial charge in [0.1, 0.15) is 29.8 Å². The van der Waals surface area contributed by atoms with E-state index in [2.05, 4.69) is 0 Å². The van der Waals surface area contributed by atoms with Crippen LogP contribution in [0.4, 0.5) is 4.39 Å². The fourth-order valence-electron chi connectivity index (χ4n) is 2.03. The van der Waals surface area contributed by atoms with Crippen LogP contribution in [0.2, 0.25) is 0 Å². The van der Waals surface area contributed by atoms with Gasteiger partial charge in [0.05, 0.1) is 0 Å². The summed E-state index contributed by atoms with van der Waals surface area (Å²) in [4.78, 5) is 11.7. The van der Waals surface area contributed by atoms with Gasteiger partial charge in [-0.3, -0.25) is 4.79 Å². The molecule has 4 nitrogen and oxygen atoms in total. The molecule has 0 saturated carbocycles.